The third-order valence-corrected chi connectivity index (χ3v) is 4.93. The van der Waals surface area contributed by atoms with E-state index >= 15 is 0 Å². The van der Waals surface area contributed by atoms with E-state index in [1.807, 2.05) is 74.5 Å². The predicted molar refractivity (Wildman–Crippen MR) is 108 cm³/mol. The van der Waals surface area contributed by atoms with Gasteiger partial charge in [0.05, 0.1) is 0 Å². The first kappa shape index (κ1) is 17.3. The molecule has 4 aromatic rings. The van der Waals surface area contributed by atoms with Crippen molar-refractivity contribution in [2.45, 2.75) is 23.9 Å². The maximum atomic E-state index is 12.5. The normalized spacial score (nSPS) is 10.9. The van der Waals surface area contributed by atoms with Crippen molar-refractivity contribution in [3.05, 3.63) is 77.7 Å². The molecular formula is C21H18N4OS. The van der Waals surface area contributed by atoms with Gasteiger partial charge in [-0.3, -0.25) is 4.79 Å². The van der Waals surface area contributed by atoms with E-state index in [1.54, 1.807) is 0 Å². The van der Waals surface area contributed by atoms with Gasteiger partial charge in [0, 0.05) is 32.9 Å². The van der Waals surface area contributed by atoms with Crippen LogP contribution in [-0.2, 0) is 0 Å². The summed E-state index contributed by atoms with van der Waals surface area (Å²) < 4.78 is 0. The molecule has 0 atom stereocenters. The second-order valence-electron chi connectivity index (χ2n) is 6.28. The number of anilines is 1. The maximum Gasteiger partial charge on any atom is 0.272 e. The van der Waals surface area contributed by atoms with Crippen LogP contribution in [0.2, 0.25) is 0 Å². The molecule has 4 rings (SSSR count). The Morgan fingerprint density at radius 1 is 0.963 bits per heavy atom. The number of benzene rings is 2. The van der Waals surface area contributed by atoms with E-state index in [9.17, 15) is 4.79 Å². The summed E-state index contributed by atoms with van der Waals surface area (Å²) in [5.74, 6) is -0.163. The Balaban J connectivity index is 1.46. The van der Waals surface area contributed by atoms with Crippen LogP contribution >= 0.6 is 11.8 Å². The lowest BCUT2D eigenvalue weighted by Gasteiger charge is -2.06. The largest absolute Gasteiger partial charge is 0.351 e. The third-order valence-electron chi connectivity index (χ3n) is 4.06. The summed E-state index contributed by atoms with van der Waals surface area (Å²) in [5, 5.41) is 4.66. The van der Waals surface area contributed by atoms with Crippen LogP contribution in [0.15, 0.2) is 70.7 Å². The minimum absolute atomic E-state index is 0.163. The van der Waals surface area contributed by atoms with Crippen molar-refractivity contribution in [2.75, 3.05) is 5.32 Å². The van der Waals surface area contributed by atoms with Crippen molar-refractivity contribution in [3.8, 4) is 0 Å². The van der Waals surface area contributed by atoms with E-state index in [0.717, 1.165) is 38.0 Å². The predicted octanol–water partition coefficient (Wildman–Crippen LogP) is 4.98. The fourth-order valence-electron chi connectivity index (χ4n) is 2.85. The number of para-hydroxylation sites is 1. The minimum atomic E-state index is -0.163. The van der Waals surface area contributed by atoms with Gasteiger partial charge in [-0.05, 0) is 68.1 Å². The minimum Gasteiger partial charge on any atom is -0.351 e. The van der Waals surface area contributed by atoms with Crippen LogP contribution in [0.4, 0.5) is 5.69 Å². The Labute approximate surface area is 161 Å². The molecule has 2 heterocycles. The molecule has 6 heteroatoms. The Bertz CT molecular complexity index is 1070. The summed E-state index contributed by atoms with van der Waals surface area (Å²) in [6, 6.07) is 19.3. The van der Waals surface area contributed by atoms with Gasteiger partial charge in [-0.25, -0.2) is 9.97 Å². The van der Waals surface area contributed by atoms with E-state index in [-0.39, 0.29) is 5.91 Å². The number of nitrogens with zero attached hydrogens (tertiary/aromatic N) is 2. The van der Waals surface area contributed by atoms with Crippen LogP contribution in [0.1, 0.15) is 21.9 Å². The molecule has 2 aromatic heterocycles. The Morgan fingerprint density at radius 3 is 2.37 bits per heavy atom. The van der Waals surface area contributed by atoms with Gasteiger partial charge in [0.25, 0.3) is 5.91 Å². The molecule has 0 fully saturated rings. The molecule has 134 valence electrons. The van der Waals surface area contributed by atoms with Gasteiger partial charge >= 0.3 is 0 Å². The van der Waals surface area contributed by atoms with Gasteiger partial charge in [-0.15, -0.1) is 0 Å². The number of H-pyrrole nitrogens is 1. The van der Waals surface area contributed by atoms with E-state index in [1.165, 1.54) is 11.8 Å². The van der Waals surface area contributed by atoms with Crippen molar-refractivity contribution < 1.29 is 4.79 Å². The van der Waals surface area contributed by atoms with Crippen LogP contribution in [0, 0.1) is 13.8 Å². The van der Waals surface area contributed by atoms with Crippen LogP contribution in [0.5, 0.6) is 0 Å². The molecule has 2 aromatic carbocycles. The summed E-state index contributed by atoms with van der Waals surface area (Å²) in [5.41, 5.74) is 4.13. The smallest absolute Gasteiger partial charge is 0.272 e. The number of amides is 1. The van der Waals surface area contributed by atoms with Crippen molar-refractivity contribution in [2.24, 2.45) is 0 Å². The number of hydrogen-bond acceptors (Lipinski definition) is 4. The lowest BCUT2D eigenvalue weighted by molar-refractivity contribution is 0.102. The fourth-order valence-corrected chi connectivity index (χ4v) is 3.71. The van der Waals surface area contributed by atoms with Crippen molar-refractivity contribution in [1.29, 1.82) is 0 Å². The van der Waals surface area contributed by atoms with Gasteiger partial charge in [0.2, 0.25) is 0 Å². The Morgan fingerprint density at radius 2 is 1.67 bits per heavy atom. The van der Waals surface area contributed by atoms with Gasteiger partial charge in [0.15, 0.2) is 5.16 Å². The number of carbonyl (C=O) groups excluding carboxylic acids is 1. The first-order chi connectivity index (χ1) is 13.1. The van der Waals surface area contributed by atoms with Crippen LogP contribution in [0.3, 0.4) is 0 Å². The topological polar surface area (TPSA) is 70.7 Å². The monoisotopic (exact) mass is 374 g/mol. The highest BCUT2D eigenvalue weighted by Crippen LogP contribution is 2.26. The maximum absolute atomic E-state index is 12.5. The molecule has 5 nitrogen and oxygen atoms in total. The number of aromatic amines is 1. The first-order valence-corrected chi connectivity index (χ1v) is 9.38. The molecule has 0 saturated heterocycles. The highest BCUT2D eigenvalue weighted by molar-refractivity contribution is 7.99. The zero-order valence-corrected chi connectivity index (χ0v) is 15.8. The molecule has 0 unspecified atom stereocenters. The fraction of sp³-hybridized carbons (Fsp3) is 0.0952. The molecule has 0 radical (unpaired) electrons. The van der Waals surface area contributed by atoms with Crippen molar-refractivity contribution in [1.82, 2.24) is 15.0 Å². The average Bonchev–Trinajstić information content (AvgIpc) is 3.07. The molecule has 0 bridgehead atoms. The number of aryl methyl sites for hydroxylation is 2. The molecule has 2 N–H and O–H groups in total. The first-order valence-electron chi connectivity index (χ1n) is 8.56. The molecule has 1 amide bonds. The number of carbonyl (C=O) groups is 1. The van der Waals surface area contributed by atoms with Crippen LogP contribution in [0.25, 0.3) is 10.9 Å². The average molecular weight is 374 g/mol. The highest BCUT2D eigenvalue weighted by Gasteiger charge is 2.10. The van der Waals surface area contributed by atoms with Gasteiger partial charge in [-0.1, -0.05) is 18.2 Å². The zero-order valence-electron chi connectivity index (χ0n) is 15.0. The summed E-state index contributed by atoms with van der Waals surface area (Å²) in [7, 11) is 0. The van der Waals surface area contributed by atoms with Crippen molar-refractivity contribution in [3.63, 3.8) is 0 Å². The SMILES string of the molecule is Cc1cc(C)nc(Sc2ccc(NC(=O)c3cc4ccccc4[nH]3)cc2)n1. The quantitative estimate of drug-likeness (QED) is 0.494. The Kier molecular flexibility index (Phi) is 4.64. The van der Waals surface area contributed by atoms with E-state index in [2.05, 4.69) is 20.3 Å². The number of nitrogens with one attached hydrogen (secondary N) is 2. The lowest BCUT2D eigenvalue weighted by atomic mass is 10.2. The van der Waals surface area contributed by atoms with Gasteiger partial charge in [0.1, 0.15) is 5.69 Å². The van der Waals surface area contributed by atoms with E-state index < -0.39 is 0 Å². The summed E-state index contributed by atoms with van der Waals surface area (Å²) >= 11 is 1.50. The molecule has 0 spiro atoms. The summed E-state index contributed by atoms with van der Waals surface area (Å²) in [4.78, 5) is 25.5. The third kappa shape index (κ3) is 4.01. The van der Waals surface area contributed by atoms with Crippen molar-refractivity contribution >= 4 is 34.3 Å². The second-order valence-corrected chi connectivity index (χ2v) is 7.32. The molecule has 0 saturated carbocycles. The van der Waals surface area contributed by atoms with E-state index in [4.69, 9.17) is 0 Å². The second kappa shape index (κ2) is 7.25. The summed E-state index contributed by atoms with van der Waals surface area (Å²) in [6.45, 7) is 3.92. The van der Waals surface area contributed by atoms with E-state index in [0.29, 0.717) is 5.69 Å². The lowest BCUT2D eigenvalue weighted by Crippen LogP contribution is -2.12. The molecule has 0 aliphatic heterocycles. The molecule has 0 aliphatic rings. The van der Waals surface area contributed by atoms with Crippen LogP contribution < -0.4 is 5.32 Å². The van der Waals surface area contributed by atoms with Gasteiger partial charge in [-0.2, -0.15) is 0 Å². The summed E-state index contributed by atoms with van der Waals surface area (Å²) in [6.07, 6.45) is 0. The highest BCUT2D eigenvalue weighted by atomic mass is 32.2. The standard InChI is InChI=1S/C21H18N4OS/c1-13-11-14(2)23-21(22-13)27-17-9-7-16(8-10-17)24-20(26)19-12-15-5-3-4-6-18(15)25-19/h3-12,25H,1-2H3,(H,24,26). The number of hydrogen-bond donors (Lipinski definition) is 2. The van der Waals surface area contributed by atoms with Gasteiger partial charge < -0.3 is 10.3 Å². The molecule has 27 heavy (non-hydrogen) atoms. The zero-order chi connectivity index (χ0) is 18.8. The number of fused-ring (bicyclic) bond motifs is 1. The molecular weight excluding hydrogens is 356 g/mol. The number of rotatable bonds is 4. The number of aromatic nitrogens is 3. The Hall–Kier alpha value is -3.12. The van der Waals surface area contributed by atoms with Crippen LogP contribution in [-0.4, -0.2) is 20.9 Å². The molecule has 0 aliphatic carbocycles.